The van der Waals surface area contributed by atoms with Gasteiger partial charge in [0.15, 0.2) is 0 Å². The molecule has 3 aromatic rings. The van der Waals surface area contributed by atoms with Crippen LogP contribution in [0, 0.1) is 18.8 Å². The molecule has 2 amide bonds. The fourth-order valence-corrected chi connectivity index (χ4v) is 2.91. The number of amides is 2. The molecule has 0 radical (unpaired) electrons. The fraction of sp³-hybridized carbons (Fsp3) is 0.0952. The van der Waals surface area contributed by atoms with Crippen LogP contribution >= 0.6 is 0 Å². The van der Waals surface area contributed by atoms with Gasteiger partial charge < -0.3 is 9.88 Å². The maximum Gasteiger partial charge on any atom is 0.248 e. The number of rotatable bonds is 5. The van der Waals surface area contributed by atoms with E-state index in [0.717, 1.165) is 4.90 Å². The molecule has 0 saturated heterocycles. The van der Waals surface area contributed by atoms with Crippen LogP contribution in [0.3, 0.4) is 0 Å². The van der Waals surface area contributed by atoms with Gasteiger partial charge in [0.2, 0.25) is 17.9 Å². The average molecular weight is 434 g/mol. The van der Waals surface area contributed by atoms with E-state index < -0.39 is 5.91 Å². The van der Waals surface area contributed by atoms with Gasteiger partial charge in [0, 0.05) is 35.0 Å². The molecule has 0 bridgehead atoms. The number of halogens is 1. The van der Waals surface area contributed by atoms with Crippen LogP contribution in [-0.4, -0.2) is 24.3 Å². The molecule has 0 unspecified atom stereocenters. The van der Waals surface area contributed by atoms with Crippen molar-refractivity contribution >= 4 is 29.4 Å². The third-order valence-corrected chi connectivity index (χ3v) is 4.32. The number of nitrogens with one attached hydrogen (secondary N) is 1. The van der Waals surface area contributed by atoms with E-state index in [1.807, 2.05) is 0 Å². The van der Waals surface area contributed by atoms with Gasteiger partial charge in [-0.2, -0.15) is 24.3 Å². The van der Waals surface area contributed by atoms with Crippen molar-refractivity contribution in [1.29, 1.82) is 0 Å². The van der Waals surface area contributed by atoms with Gasteiger partial charge in [0.25, 0.3) is 0 Å². The van der Waals surface area contributed by atoms with Gasteiger partial charge in [-0.3, -0.25) is 14.4 Å². The van der Waals surface area contributed by atoms with E-state index in [1.54, 1.807) is 43.1 Å². The van der Waals surface area contributed by atoms with Crippen LogP contribution in [0.25, 0.3) is 0 Å². The molecule has 8 heteroatoms. The Hall–Kier alpha value is -3.22. The van der Waals surface area contributed by atoms with Gasteiger partial charge in [0.05, 0.1) is 5.69 Å². The summed E-state index contributed by atoms with van der Waals surface area (Å²) in [5, 5.41) is 0. The second-order valence-corrected chi connectivity index (χ2v) is 6.12. The smallest absolute Gasteiger partial charge is 0.248 e. The Morgan fingerprint density at radius 3 is 2.55 bits per heavy atom. The molecule has 1 heterocycles. The zero-order valence-electron chi connectivity index (χ0n) is 15.6. The molecule has 150 valence electrons. The Bertz CT molecular complexity index is 1080. The second-order valence-electron chi connectivity index (χ2n) is 6.12. The van der Waals surface area contributed by atoms with Crippen molar-refractivity contribution in [2.45, 2.75) is 6.92 Å². The average Bonchev–Trinajstić information content (AvgIpc) is 2.69. The maximum atomic E-state index is 13.4. The first-order chi connectivity index (χ1) is 13.4. The summed E-state index contributed by atoms with van der Waals surface area (Å²) in [5.74, 6) is -0.923. The van der Waals surface area contributed by atoms with Crippen molar-refractivity contribution in [1.82, 2.24) is 4.98 Å². The zero-order valence-corrected chi connectivity index (χ0v) is 16.7. The molecule has 0 aliphatic rings. The number of carbonyl (C=O) groups is 2. The van der Waals surface area contributed by atoms with Crippen molar-refractivity contribution in [2.75, 3.05) is 16.8 Å². The molecule has 0 spiro atoms. The summed E-state index contributed by atoms with van der Waals surface area (Å²) >= 11 is 0. The molecule has 1 N–H and O–H groups in total. The van der Waals surface area contributed by atoms with Gasteiger partial charge in [-0.05, 0) is 49.4 Å². The fourth-order valence-electron chi connectivity index (χ4n) is 2.91. The molecule has 0 saturated carbocycles. The Labute approximate surface area is 177 Å². The van der Waals surface area contributed by atoms with E-state index in [2.05, 4.69) is 11.1 Å². The quantitative estimate of drug-likeness (QED) is 0.381. The first kappa shape index (κ1) is 22.1. The predicted molar refractivity (Wildman–Crippen MR) is 104 cm³/mol. The van der Waals surface area contributed by atoms with Crippen molar-refractivity contribution in [3.63, 3.8) is 0 Å². The van der Waals surface area contributed by atoms with Crippen LogP contribution in [0.2, 0.25) is 0 Å². The molecule has 1 aromatic heterocycles. The summed E-state index contributed by atoms with van der Waals surface area (Å²) in [6.07, 6.45) is 1.68. The van der Waals surface area contributed by atoms with Crippen molar-refractivity contribution in [2.24, 2.45) is 0 Å². The zero-order chi connectivity index (χ0) is 20.3. The standard InChI is InChI=1S/C21H17FN3O3.Fe/c1-14-11-15(22)7-9-18(14)24(2)19-6-4-3-5-17(19)21(28)25(13-26)16-8-10-20(27)23-12-16;/h3,5-13H,1-2H3,(H,23,27);/q-1;. The van der Waals surface area contributed by atoms with E-state index in [1.165, 1.54) is 30.5 Å². The van der Waals surface area contributed by atoms with Crippen molar-refractivity contribution in [3.05, 3.63) is 88.1 Å². The SMILES string of the molecule is Cc1cc(F)ccc1N(C)c1c[c-]ccc1C(=O)N(C=O)c1ccc(=O)[nH]c1.[Fe]. The first-order valence-electron chi connectivity index (χ1n) is 8.40. The van der Waals surface area contributed by atoms with Crippen LogP contribution in [0.4, 0.5) is 21.5 Å². The summed E-state index contributed by atoms with van der Waals surface area (Å²) in [5.41, 5.74) is 2.04. The number of aromatic nitrogens is 1. The van der Waals surface area contributed by atoms with Gasteiger partial charge in [-0.25, -0.2) is 9.29 Å². The van der Waals surface area contributed by atoms with Crippen LogP contribution in [0.5, 0.6) is 0 Å². The Kier molecular flexibility index (Phi) is 7.09. The Morgan fingerprint density at radius 2 is 1.93 bits per heavy atom. The van der Waals surface area contributed by atoms with E-state index in [0.29, 0.717) is 23.3 Å². The molecule has 6 nitrogen and oxygen atoms in total. The van der Waals surface area contributed by atoms with E-state index in [9.17, 15) is 18.8 Å². The number of pyridine rings is 1. The van der Waals surface area contributed by atoms with Gasteiger partial charge in [0.1, 0.15) is 5.82 Å². The third kappa shape index (κ3) is 4.62. The summed E-state index contributed by atoms with van der Waals surface area (Å²) in [7, 11) is 1.74. The number of imide groups is 1. The Balaban J connectivity index is 0.00000300. The molecule has 29 heavy (non-hydrogen) atoms. The first-order valence-corrected chi connectivity index (χ1v) is 8.40. The molecule has 2 aromatic carbocycles. The van der Waals surface area contributed by atoms with E-state index in [4.69, 9.17) is 0 Å². The number of hydrogen-bond acceptors (Lipinski definition) is 4. The third-order valence-electron chi connectivity index (χ3n) is 4.32. The van der Waals surface area contributed by atoms with Crippen molar-refractivity contribution < 1.29 is 31.0 Å². The van der Waals surface area contributed by atoms with E-state index in [-0.39, 0.29) is 39.7 Å². The number of benzene rings is 2. The summed E-state index contributed by atoms with van der Waals surface area (Å²) < 4.78 is 13.4. The maximum absolute atomic E-state index is 13.4. The number of H-pyrrole nitrogens is 1. The summed E-state index contributed by atoms with van der Waals surface area (Å²) in [4.78, 5) is 41.0. The summed E-state index contributed by atoms with van der Waals surface area (Å²) in [6, 6.07) is 14.6. The van der Waals surface area contributed by atoms with Crippen LogP contribution in [-0.2, 0) is 21.9 Å². The number of hydrogen-bond donors (Lipinski definition) is 1. The van der Waals surface area contributed by atoms with Gasteiger partial charge in [-0.1, -0.05) is 5.69 Å². The molecular formula is C21H17FFeN3O3-. The number of nitrogens with zero attached hydrogens (tertiary/aromatic N) is 2. The molecule has 0 aliphatic heterocycles. The molecule has 3 rings (SSSR count). The number of carbonyl (C=O) groups excluding carboxylic acids is 2. The number of aryl methyl sites for hydroxylation is 1. The van der Waals surface area contributed by atoms with Gasteiger partial charge >= 0.3 is 0 Å². The monoisotopic (exact) mass is 434 g/mol. The normalized spacial score (nSPS) is 10.0. The van der Waals surface area contributed by atoms with Crippen LogP contribution < -0.4 is 15.4 Å². The van der Waals surface area contributed by atoms with Gasteiger partial charge in [-0.15, -0.1) is 0 Å². The molecular weight excluding hydrogens is 417 g/mol. The molecule has 0 fully saturated rings. The number of aromatic amines is 1. The Morgan fingerprint density at radius 1 is 1.17 bits per heavy atom. The topological polar surface area (TPSA) is 73.5 Å². The van der Waals surface area contributed by atoms with Crippen LogP contribution in [0.15, 0.2) is 59.5 Å². The minimum atomic E-state index is -0.572. The second kappa shape index (κ2) is 9.32. The minimum Gasteiger partial charge on any atom is -0.397 e. The van der Waals surface area contributed by atoms with Crippen LogP contribution in [0.1, 0.15) is 15.9 Å². The minimum absolute atomic E-state index is 0. The largest absolute Gasteiger partial charge is 0.397 e. The predicted octanol–water partition coefficient (Wildman–Crippen LogP) is 3.19. The van der Waals surface area contributed by atoms with Crippen molar-refractivity contribution in [3.8, 4) is 0 Å². The number of anilines is 3. The molecule has 0 atom stereocenters. The summed E-state index contributed by atoms with van der Waals surface area (Å²) in [6.45, 7) is 1.76. The van der Waals surface area contributed by atoms with E-state index >= 15 is 0 Å². The molecule has 0 aliphatic carbocycles.